The van der Waals surface area contributed by atoms with Gasteiger partial charge in [-0.25, -0.2) is 4.98 Å². The smallest absolute Gasteiger partial charge is 0.322 e. The third-order valence-corrected chi connectivity index (χ3v) is 2.76. The first-order valence-electron chi connectivity index (χ1n) is 4.72. The summed E-state index contributed by atoms with van der Waals surface area (Å²) in [7, 11) is 0. The summed E-state index contributed by atoms with van der Waals surface area (Å²) in [5, 5.41) is 13.8. The van der Waals surface area contributed by atoms with Crippen molar-refractivity contribution in [2.75, 3.05) is 11.9 Å². The Morgan fingerprint density at radius 2 is 2.12 bits per heavy atom. The fraction of sp³-hybridized carbons (Fsp3) is 0.0909. The lowest BCUT2D eigenvalue weighted by Crippen LogP contribution is -2.11. The van der Waals surface area contributed by atoms with Gasteiger partial charge in [0.25, 0.3) is 0 Å². The lowest BCUT2D eigenvalue weighted by atomic mass is 10.2. The quantitative estimate of drug-likeness (QED) is 0.852. The molecule has 0 fully saturated rings. The second-order valence-electron chi connectivity index (χ2n) is 3.15. The molecule has 0 unspecified atom stereocenters. The van der Waals surface area contributed by atoms with E-state index in [1.165, 1.54) is 11.3 Å². The molecule has 0 saturated heterocycles. The molecule has 0 amide bonds. The van der Waals surface area contributed by atoms with E-state index in [0.29, 0.717) is 5.13 Å². The zero-order valence-electron chi connectivity index (χ0n) is 8.38. The zero-order valence-corrected chi connectivity index (χ0v) is 9.20. The average molecular weight is 234 g/mol. The molecule has 0 atom stereocenters. The number of nitrogens with zero attached hydrogens (tertiary/aromatic N) is 1. The number of carbonyl (C=O) groups is 1. The highest BCUT2D eigenvalue weighted by Crippen LogP contribution is 2.24. The molecule has 0 saturated carbocycles. The summed E-state index contributed by atoms with van der Waals surface area (Å²) >= 11 is 1.40. The molecule has 0 aliphatic carbocycles. The Bertz CT molecular complexity index is 482. The number of benzene rings is 1. The number of anilines is 1. The van der Waals surface area contributed by atoms with Gasteiger partial charge < -0.3 is 10.4 Å². The van der Waals surface area contributed by atoms with Crippen molar-refractivity contribution in [1.29, 1.82) is 0 Å². The lowest BCUT2D eigenvalue weighted by Gasteiger charge is -1.96. The van der Waals surface area contributed by atoms with Gasteiger partial charge in [0.1, 0.15) is 6.54 Å². The summed E-state index contributed by atoms with van der Waals surface area (Å²) in [4.78, 5) is 14.7. The number of aliphatic carboxylic acids is 1. The fourth-order valence-electron chi connectivity index (χ4n) is 1.25. The van der Waals surface area contributed by atoms with Gasteiger partial charge in [0.15, 0.2) is 5.13 Å². The highest BCUT2D eigenvalue weighted by Gasteiger charge is 2.04. The van der Waals surface area contributed by atoms with E-state index >= 15 is 0 Å². The zero-order chi connectivity index (χ0) is 11.4. The second kappa shape index (κ2) is 4.76. The van der Waals surface area contributed by atoms with Crippen LogP contribution in [0.4, 0.5) is 5.13 Å². The highest BCUT2D eigenvalue weighted by atomic mass is 32.1. The maximum Gasteiger partial charge on any atom is 0.322 e. The predicted octanol–water partition coefficient (Wildman–Crippen LogP) is 2.31. The molecule has 82 valence electrons. The van der Waals surface area contributed by atoms with E-state index in [1.807, 2.05) is 35.7 Å². The first-order chi connectivity index (χ1) is 7.75. The monoisotopic (exact) mass is 234 g/mol. The predicted molar refractivity (Wildman–Crippen MR) is 63.7 cm³/mol. The van der Waals surface area contributed by atoms with E-state index in [-0.39, 0.29) is 6.54 Å². The maximum absolute atomic E-state index is 10.4. The number of thiazole rings is 1. The summed E-state index contributed by atoms with van der Waals surface area (Å²) in [5.41, 5.74) is 1.89. The van der Waals surface area contributed by atoms with Crippen LogP contribution in [0.1, 0.15) is 0 Å². The molecule has 0 aliphatic rings. The Morgan fingerprint density at radius 3 is 2.81 bits per heavy atom. The van der Waals surface area contributed by atoms with Crippen molar-refractivity contribution in [2.24, 2.45) is 0 Å². The first kappa shape index (κ1) is 10.6. The standard InChI is InChI=1S/C11H10N2O2S/c14-10(15)6-12-11-13-9(7-16-11)8-4-2-1-3-5-8/h1-5,7H,6H2,(H,12,13)(H,14,15). The molecule has 16 heavy (non-hydrogen) atoms. The maximum atomic E-state index is 10.4. The number of rotatable bonds is 4. The number of carboxylic acids is 1. The first-order valence-corrected chi connectivity index (χ1v) is 5.60. The van der Waals surface area contributed by atoms with Crippen LogP contribution >= 0.6 is 11.3 Å². The third kappa shape index (κ3) is 2.58. The van der Waals surface area contributed by atoms with Crippen LogP contribution in [0.3, 0.4) is 0 Å². The van der Waals surface area contributed by atoms with Crippen LogP contribution in [-0.2, 0) is 4.79 Å². The normalized spacial score (nSPS) is 10.0. The molecule has 0 radical (unpaired) electrons. The molecule has 1 heterocycles. The van der Waals surface area contributed by atoms with E-state index in [1.54, 1.807) is 0 Å². The molecule has 2 rings (SSSR count). The van der Waals surface area contributed by atoms with Gasteiger partial charge in [-0.3, -0.25) is 4.79 Å². The highest BCUT2D eigenvalue weighted by molar-refractivity contribution is 7.14. The van der Waals surface area contributed by atoms with E-state index in [0.717, 1.165) is 11.3 Å². The van der Waals surface area contributed by atoms with Gasteiger partial charge in [-0.05, 0) is 0 Å². The van der Waals surface area contributed by atoms with Gasteiger partial charge in [0.05, 0.1) is 5.69 Å². The molecule has 4 nitrogen and oxygen atoms in total. The number of carboxylic acid groups (broad SMARTS) is 1. The molecule has 0 bridgehead atoms. The summed E-state index contributed by atoms with van der Waals surface area (Å²) < 4.78 is 0. The largest absolute Gasteiger partial charge is 0.480 e. The summed E-state index contributed by atoms with van der Waals surface area (Å²) in [6.07, 6.45) is 0. The van der Waals surface area contributed by atoms with Gasteiger partial charge in [0.2, 0.25) is 0 Å². The van der Waals surface area contributed by atoms with Crippen molar-refractivity contribution in [2.45, 2.75) is 0 Å². The Balaban J connectivity index is 2.11. The number of hydrogen-bond donors (Lipinski definition) is 2. The van der Waals surface area contributed by atoms with E-state index < -0.39 is 5.97 Å². The molecule has 2 aromatic rings. The number of aromatic nitrogens is 1. The number of hydrogen-bond acceptors (Lipinski definition) is 4. The molecule has 0 aliphatic heterocycles. The van der Waals surface area contributed by atoms with Crippen molar-refractivity contribution in [3.05, 3.63) is 35.7 Å². The summed E-state index contributed by atoms with van der Waals surface area (Å²) in [5.74, 6) is -0.892. The third-order valence-electron chi connectivity index (χ3n) is 1.96. The minimum absolute atomic E-state index is 0.109. The van der Waals surface area contributed by atoms with Gasteiger partial charge in [-0.1, -0.05) is 30.3 Å². The second-order valence-corrected chi connectivity index (χ2v) is 4.01. The van der Waals surface area contributed by atoms with Gasteiger partial charge in [-0.2, -0.15) is 0 Å². The molecule has 0 spiro atoms. The van der Waals surface area contributed by atoms with Crippen LogP contribution in [0.15, 0.2) is 35.7 Å². The lowest BCUT2D eigenvalue weighted by molar-refractivity contribution is -0.134. The van der Waals surface area contributed by atoms with Crippen LogP contribution in [0.2, 0.25) is 0 Å². The van der Waals surface area contributed by atoms with Crippen LogP contribution in [0.5, 0.6) is 0 Å². The van der Waals surface area contributed by atoms with Crippen molar-refractivity contribution in [3.8, 4) is 11.3 Å². The number of nitrogens with one attached hydrogen (secondary N) is 1. The minimum Gasteiger partial charge on any atom is -0.480 e. The molecular weight excluding hydrogens is 224 g/mol. The SMILES string of the molecule is O=C(O)CNc1nc(-c2ccccc2)cs1. The van der Waals surface area contributed by atoms with E-state index in [4.69, 9.17) is 5.11 Å². The van der Waals surface area contributed by atoms with Crippen molar-refractivity contribution < 1.29 is 9.90 Å². The van der Waals surface area contributed by atoms with Crippen molar-refractivity contribution in [1.82, 2.24) is 4.98 Å². The van der Waals surface area contributed by atoms with E-state index in [2.05, 4.69) is 10.3 Å². The summed E-state index contributed by atoms with van der Waals surface area (Å²) in [6, 6.07) is 9.77. The topological polar surface area (TPSA) is 62.2 Å². The van der Waals surface area contributed by atoms with Crippen molar-refractivity contribution in [3.63, 3.8) is 0 Å². The van der Waals surface area contributed by atoms with Crippen molar-refractivity contribution >= 4 is 22.4 Å². The summed E-state index contributed by atoms with van der Waals surface area (Å²) in [6.45, 7) is -0.109. The molecule has 2 N–H and O–H groups in total. The van der Waals surface area contributed by atoms with Gasteiger partial charge in [-0.15, -0.1) is 11.3 Å². The molecule has 1 aromatic heterocycles. The Kier molecular flexibility index (Phi) is 3.16. The minimum atomic E-state index is -0.892. The average Bonchev–Trinajstić information content (AvgIpc) is 2.76. The fourth-order valence-corrected chi connectivity index (χ4v) is 1.97. The Morgan fingerprint density at radius 1 is 1.38 bits per heavy atom. The molecule has 1 aromatic carbocycles. The Labute approximate surface area is 96.6 Å². The van der Waals surface area contributed by atoms with E-state index in [9.17, 15) is 4.79 Å². The van der Waals surface area contributed by atoms with Gasteiger partial charge in [0, 0.05) is 10.9 Å². The van der Waals surface area contributed by atoms with Crippen LogP contribution in [0, 0.1) is 0 Å². The van der Waals surface area contributed by atoms with Crippen LogP contribution in [-0.4, -0.2) is 22.6 Å². The molecular formula is C11H10N2O2S. The van der Waals surface area contributed by atoms with Crippen LogP contribution < -0.4 is 5.32 Å². The Hall–Kier alpha value is -1.88. The van der Waals surface area contributed by atoms with Gasteiger partial charge >= 0.3 is 5.97 Å². The van der Waals surface area contributed by atoms with Crippen LogP contribution in [0.25, 0.3) is 11.3 Å². The molecule has 5 heteroatoms.